The standard InChI is InChI=1S/C18H24N2O4.C9H8Cl2O3.C8H6Cl2O3/c1-6-18(3,7-2)14-11-15(24-20-14)19-17(21)16-12(22-4)9-8-10-13(16)23-5;1-5(9(12)13)14-8-4-6(10)2-3-7(8)11;9-5-1-2-7(6(10)3-5)13-4-8(11)12/h8-11H,6-7H2,1-5H3,(H,19,21);2-5H,1H3,(H,12,13);1-3H,4H2,(H,11,12)/t;5-;/m.1./s1. The number of carboxylic acid groups (broad SMARTS) is 2. The second kappa shape index (κ2) is 20.5. The molecule has 3 aromatic carbocycles. The van der Waals surface area contributed by atoms with Gasteiger partial charge in [0.05, 0.1) is 30.0 Å². The molecule has 276 valence electrons. The number of carbonyl (C=O) groups excluding carboxylic acids is 1. The van der Waals surface area contributed by atoms with Gasteiger partial charge in [-0.3, -0.25) is 10.1 Å². The number of carboxylic acids is 2. The number of anilines is 1. The molecule has 1 aromatic heterocycles. The number of hydrogen-bond donors (Lipinski definition) is 3. The van der Waals surface area contributed by atoms with Crippen molar-refractivity contribution in [2.45, 2.75) is 52.1 Å². The molecular weight excluding hydrogens is 750 g/mol. The van der Waals surface area contributed by atoms with Crippen LogP contribution in [0.15, 0.2) is 65.2 Å². The van der Waals surface area contributed by atoms with Gasteiger partial charge in [-0.1, -0.05) is 78.4 Å². The SMILES string of the molecule is CCC(C)(CC)c1cc(NC(=O)c2c(OC)cccc2OC)on1.C[C@@H](Oc1cc(Cl)ccc1Cl)C(=O)O.O=C(O)COc1ccc(Cl)cc1Cl. The van der Waals surface area contributed by atoms with E-state index in [0.717, 1.165) is 18.5 Å². The summed E-state index contributed by atoms with van der Waals surface area (Å²) in [4.78, 5) is 33.3. The average molecular weight is 789 g/mol. The maximum Gasteiger partial charge on any atom is 0.344 e. The van der Waals surface area contributed by atoms with Crippen molar-refractivity contribution >= 4 is 70.1 Å². The Morgan fingerprint density at radius 2 is 1.43 bits per heavy atom. The van der Waals surface area contributed by atoms with Crippen LogP contribution in [0.3, 0.4) is 0 Å². The lowest BCUT2D eigenvalue weighted by molar-refractivity contribution is -0.144. The molecule has 0 spiro atoms. The van der Waals surface area contributed by atoms with Gasteiger partial charge >= 0.3 is 11.9 Å². The zero-order valence-electron chi connectivity index (χ0n) is 28.6. The van der Waals surface area contributed by atoms with Crippen LogP contribution >= 0.6 is 46.4 Å². The van der Waals surface area contributed by atoms with Gasteiger partial charge < -0.3 is 33.7 Å². The van der Waals surface area contributed by atoms with E-state index in [2.05, 4.69) is 31.2 Å². The maximum absolute atomic E-state index is 12.6. The van der Waals surface area contributed by atoms with Crippen LogP contribution < -0.4 is 24.3 Å². The zero-order valence-corrected chi connectivity index (χ0v) is 31.6. The molecule has 0 saturated heterocycles. The summed E-state index contributed by atoms with van der Waals surface area (Å²) in [7, 11) is 3.01. The lowest BCUT2D eigenvalue weighted by Crippen LogP contribution is -2.22. The first-order chi connectivity index (χ1) is 24.1. The van der Waals surface area contributed by atoms with Crippen LogP contribution in [0, 0.1) is 0 Å². The van der Waals surface area contributed by atoms with Crippen LogP contribution in [-0.2, 0) is 15.0 Å². The Labute approximate surface area is 315 Å². The first-order valence-electron chi connectivity index (χ1n) is 15.2. The second-order valence-electron chi connectivity index (χ2n) is 10.8. The fourth-order valence-corrected chi connectivity index (χ4v) is 4.81. The minimum Gasteiger partial charge on any atom is -0.496 e. The Bertz CT molecular complexity index is 1760. The number of rotatable bonds is 13. The van der Waals surface area contributed by atoms with Crippen molar-refractivity contribution in [3.8, 4) is 23.0 Å². The Balaban J connectivity index is 0.000000285. The first-order valence-corrected chi connectivity index (χ1v) is 16.7. The number of amides is 1. The molecule has 0 bridgehead atoms. The van der Waals surface area contributed by atoms with Crippen LogP contribution in [0.5, 0.6) is 23.0 Å². The number of carbonyl (C=O) groups is 3. The van der Waals surface area contributed by atoms with Crippen molar-refractivity contribution in [3.05, 3.63) is 92.0 Å². The molecule has 51 heavy (non-hydrogen) atoms. The molecule has 4 rings (SSSR count). The van der Waals surface area contributed by atoms with E-state index in [9.17, 15) is 14.4 Å². The van der Waals surface area contributed by atoms with Gasteiger partial charge in [-0.2, -0.15) is 0 Å². The number of nitrogens with zero attached hydrogens (tertiary/aromatic N) is 1. The minimum atomic E-state index is -1.05. The Morgan fingerprint density at radius 3 is 1.96 bits per heavy atom. The van der Waals surface area contributed by atoms with Crippen molar-refractivity contribution in [2.24, 2.45) is 0 Å². The second-order valence-corrected chi connectivity index (χ2v) is 12.5. The van der Waals surface area contributed by atoms with Gasteiger partial charge in [0.25, 0.3) is 5.91 Å². The molecule has 1 heterocycles. The van der Waals surface area contributed by atoms with Gasteiger partial charge in [0.15, 0.2) is 12.7 Å². The van der Waals surface area contributed by atoms with E-state index in [1.807, 2.05) is 0 Å². The highest BCUT2D eigenvalue weighted by Gasteiger charge is 2.27. The van der Waals surface area contributed by atoms with E-state index >= 15 is 0 Å². The monoisotopic (exact) mass is 786 g/mol. The zero-order chi connectivity index (χ0) is 38.3. The molecule has 0 fully saturated rings. The van der Waals surface area contributed by atoms with Crippen molar-refractivity contribution < 1.29 is 48.1 Å². The van der Waals surface area contributed by atoms with Gasteiger partial charge in [0.1, 0.15) is 28.6 Å². The lowest BCUT2D eigenvalue weighted by Gasteiger charge is -2.22. The molecule has 3 N–H and O–H groups in total. The molecule has 1 amide bonds. The third kappa shape index (κ3) is 13.0. The number of nitrogens with one attached hydrogen (secondary N) is 1. The van der Waals surface area contributed by atoms with Crippen LogP contribution in [0.1, 0.15) is 56.6 Å². The number of benzene rings is 3. The van der Waals surface area contributed by atoms with Gasteiger partial charge in [-0.15, -0.1) is 0 Å². The van der Waals surface area contributed by atoms with Crippen molar-refractivity contribution in [2.75, 3.05) is 26.1 Å². The van der Waals surface area contributed by atoms with Crippen molar-refractivity contribution in [3.63, 3.8) is 0 Å². The molecule has 0 unspecified atom stereocenters. The molecule has 0 aliphatic heterocycles. The summed E-state index contributed by atoms with van der Waals surface area (Å²) >= 11 is 22.8. The highest BCUT2D eigenvalue weighted by atomic mass is 35.5. The Hall–Kier alpha value is -4.36. The predicted octanol–water partition coefficient (Wildman–Crippen LogP) is 9.32. The van der Waals surface area contributed by atoms with E-state index in [0.29, 0.717) is 48.8 Å². The summed E-state index contributed by atoms with van der Waals surface area (Å²) in [6.45, 7) is 7.34. The van der Waals surface area contributed by atoms with Crippen LogP contribution in [-0.4, -0.2) is 60.1 Å². The molecule has 0 radical (unpaired) electrons. The summed E-state index contributed by atoms with van der Waals surface area (Å²) in [5, 5.41) is 25.3. The summed E-state index contributed by atoms with van der Waals surface area (Å²) in [6.07, 6.45) is 0.916. The molecular formula is C35H38Cl4N2O10. The molecule has 0 aliphatic carbocycles. The van der Waals surface area contributed by atoms with E-state index < -0.39 is 24.6 Å². The van der Waals surface area contributed by atoms with Crippen LogP contribution in [0.2, 0.25) is 20.1 Å². The van der Waals surface area contributed by atoms with E-state index in [4.69, 9.17) is 80.1 Å². The summed E-state index contributed by atoms with van der Waals surface area (Å²) in [5.41, 5.74) is 1.07. The van der Waals surface area contributed by atoms with Crippen LogP contribution in [0.4, 0.5) is 5.88 Å². The predicted molar refractivity (Wildman–Crippen MR) is 196 cm³/mol. The molecule has 4 aromatic rings. The lowest BCUT2D eigenvalue weighted by atomic mass is 9.81. The van der Waals surface area contributed by atoms with E-state index in [-0.39, 0.29) is 17.1 Å². The largest absolute Gasteiger partial charge is 0.496 e. The number of aliphatic carboxylic acids is 2. The molecule has 0 saturated carbocycles. The van der Waals surface area contributed by atoms with Gasteiger partial charge in [0.2, 0.25) is 5.88 Å². The maximum atomic E-state index is 12.6. The number of methoxy groups -OCH3 is 2. The summed E-state index contributed by atoms with van der Waals surface area (Å²) in [6, 6.07) is 16.1. The fraction of sp³-hybridized carbons (Fsp3) is 0.314. The van der Waals surface area contributed by atoms with Gasteiger partial charge in [-0.05, 0) is 62.2 Å². The third-order valence-electron chi connectivity index (χ3n) is 7.37. The van der Waals surface area contributed by atoms with Gasteiger partial charge in [-0.25, -0.2) is 9.59 Å². The number of ether oxygens (including phenoxy) is 4. The number of hydrogen-bond acceptors (Lipinski definition) is 9. The average Bonchev–Trinajstić information content (AvgIpc) is 3.58. The highest BCUT2D eigenvalue weighted by Crippen LogP contribution is 2.33. The Morgan fingerprint density at radius 1 is 0.843 bits per heavy atom. The molecule has 1 atom stereocenters. The van der Waals surface area contributed by atoms with Crippen molar-refractivity contribution in [1.82, 2.24) is 5.16 Å². The minimum absolute atomic E-state index is 0.0748. The Kier molecular flexibility index (Phi) is 17.2. The molecule has 16 heteroatoms. The topological polar surface area (TPSA) is 167 Å². The van der Waals surface area contributed by atoms with Crippen molar-refractivity contribution in [1.29, 1.82) is 0 Å². The fourth-order valence-electron chi connectivity index (χ4n) is 4.02. The molecule has 0 aliphatic rings. The quantitative estimate of drug-likeness (QED) is 0.118. The summed E-state index contributed by atoms with van der Waals surface area (Å²) < 4.78 is 25.7. The number of aromatic nitrogens is 1. The highest BCUT2D eigenvalue weighted by molar-refractivity contribution is 6.35. The van der Waals surface area contributed by atoms with Crippen LogP contribution in [0.25, 0.3) is 0 Å². The van der Waals surface area contributed by atoms with E-state index in [1.54, 1.807) is 42.5 Å². The molecule has 12 nitrogen and oxygen atoms in total. The van der Waals surface area contributed by atoms with Gasteiger partial charge in [0, 0.05) is 27.6 Å². The first kappa shape index (κ1) is 42.8. The smallest absolute Gasteiger partial charge is 0.344 e. The summed E-state index contributed by atoms with van der Waals surface area (Å²) in [5.74, 6) is -0.732. The number of halogens is 4. The normalized spacial score (nSPS) is 11.1. The van der Waals surface area contributed by atoms with E-state index in [1.165, 1.54) is 39.3 Å². The third-order valence-corrected chi connectivity index (χ3v) is 8.45.